The van der Waals surface area contributed by atoms with E-state index in [0.29, 0.717) is 11.3 Å². The maximum atomic E-state index is 12.2. The van der Waals surface area contributed by atoms with Crippen molar-refractivity contribution < 1.29 is 4.79 Å². The summed E-state index contributed by atoms with van der Waals surface area (Å²) in [5.74, 6) is -0.171. The number of nitrogen functional groups attached to an aromatic ring is 1. The van der Waals surface area contributed by atoms with Crippen molar-refractivity contribution in [2.75, 3.05) is 5.73 Å². The van der Waals surface area contributed by atoms with E-state index < -0.39 is 0 Å². The topological polar surface area (TPSA) is 55.1 Å². The smallest absolute Gasteiger partial charge is 0.253 e. The Balaban J connectivity index is 2.15. The highest BCUT2D eigenvalue weighted by molar-refractivity contribution is 9.10. The van der Waals surface area contributed by atoms with Crippen molar-refractivity contribution in [1.29, 1.82) is 0 Å². The predicted molar refractivity (Wildman–Crippen MR) is 80.9 cm³/mol. The minimum Gasteiger partial charge on any atom is -0.398 e. The van der Waals surface area contributed by atoms with Gasteiger partial charge in [0.2, 0.25) is 0 Å². The molecule has 3 N–H and O–H groups in total. The fourth-order valence-corrected chi connectivity index (χ4v) is 2.19. The lowest BCUT2D eigenvalue weighted by Crippen LogP contribution is -2.27. The average molecular weight is 319 g/mol. The minimum absolute atomic E-state index is 0.0629. The molecule has 19 heavy (non-hydrogen) atoms. The summed E-state index contributed by atoms with van der Waals surface area (Å²) in [6, 6.07) is 15.0. The standard InChI is InChI=1S/C15H15BrN2O/c1-10(11-5-3-2-4-6-11)18-15(19)13-9-12(16)7-8-14(13)17/h2-10H,17H2,1H3,(H,18,19)/t10-/m0/s1. The van der Waals surface area contributed by atoms with Gasteiger partial charge in [-0.1, -0.05) is 46.3 Å². The van der Waals surface area contributed by atoms with Crippen LogP contribution in [0.1, 0.15) is 28.9 Å². The monoisotopic (exact) mass is 318 g/mol. The molecule has 1 amide bonds. The normalized spacial score (nSPS) is 11.9. The number of halogens is 1. The van der Waals surface area contributed by atoms with Crippen molar-refractivity contribution in [3.63, 3.8) is 0 Å². The Morgan fingerprint density at radius 1 is 1.21 bits per heavy atom. The molecule has 0 radical (unpaired) electrons. The Labute approximate surface area is 121 Å². The number of nitrogens with two attached hydrogens (primary N) is 1. The average Bonchev–Trinajstić information content (AvgIpc) is 2.42. The second-order valence-electron chi connectivity index (χ2n) is 4.34. The number of carbonyl (C=O) groups is 1. The molecule has 0 unspecified atom stereocenters. The summed E-state index contributed by atoms with van der Waals surface area (Å²) >= 11 is 3.34. The van der Waals surface area contributed by atoms with Crippen LogP contribution in [0.15, 0.2) is 53.0 Å². The molecule has 0 aliphatic rings. The van der Waals surface area contributed by atoms with E-state index in [1.807, 2.05) is 43.3 Å². The van der Waals surface area contributed by atoms with Gasteiger partial charge in [-0.25, -0.2) is 0 Å². The van der Waals surface area contributed by atoms with E-state index in [9.17, 15) is 4.79 Å². The van der Waals surface area contributed by atoms with Gasteiger partial charge in [0.05, 0.1) is 11.6 Å². The highest BCUT2D eigenvalue weighted by atomic mass is 79.9. The number of amides is 1. The lowest BCUT2D eigenvalue weighted by atomic mass is 10.1. The van der Waals surface area contributed by atoms with Gasteiger partial charge in [0.15, 0.2) is 0 Å². The van der Waals surface area contributed by atoms with Crippen molar-refractivity contribution in [3.05, 3.63) is 64.1 Å². The third-order valence-corrected chi connectivity index (χ3v) is 3.40. The first-order chi connectivity index (χ1) is 9.08. The molecule has 2 aromatic carbocycles. The first kappa shape index (κ1) is 13.6. The van der Waals surface area contributed by atoms with Crippen LogP contribution in [-0.2, 0) is 0 Å². The van der Waals surface area contributed by atoms with Gasteiger partial charge in [-0.3, -0.25) is 4.79 Å². The van der Waals surface area contributed by atoms with Gasteiger partial charge in [0.25, 0.3) is 5.91 Å². The number of hydrogen-bond donors (Lipinski definition) is 2. The summed E-state index contributed by atoms with van der Waals surface area (Å²) in [7, 11) is 0. The zero-order valence-corrected chi connectivity index (χ0v) is 12.1. The Hall–Kier alpha value is -1.81. The summed E-state index contributed by atoms with van der Waals surface area (Å²) in [5.41, 5.74) is 7.84. The molecule has 0 heterocycles. The van der Waals surface area contributed by atoms with Crippen molar-refractivity contribution in [2.24, 2.45) is 0 Å². The van der Waals surface area contributed by atoms with Crippen LogP contribution in [-0.4, -0.2) is 5.91 Å². The summed E-state index contributed by atoms with van der Waals surface area (Å²) in [5, 5.41) is 2.94. The van der Waals surface area contributed by atoms with Gasteiger partial charge in [-0.15, -0.1) is 0 Å². The lowest BCUT2D eigenvalue weighted by molar-refractivity contribution is 0.0940. The first-order valence-electron chi connectivity index (χ1n) is 5.99. The Morgan fingerprint density at radius 3 is 2.58 bits per heavy atom. The molecule has 0 spiro atoms. The molecule has 4 heteroatoms. The quantitative estimate of drug-likeness (QED) is 0.851. The molecule has 0 aromatic heterocycles. The number of benzene rings is 2. The SMILES string of the molecule is C[C@H](NC(=O)c1cc(Br)ccc1N)c1ccccc1. The second-order valence-corrected chi connectivity index (χ2v) is 5.25. The Morgan fingerprint density at radius 2 is 1.89 bits per heavy atom. The maximum Gasteiger partial charge on any atom is 0.253 e. The molecule has 2 aromatic rings. The van der Waals surface area contributed by atoms with Crippen molar-refractivity contribution in [1.82, 2.24) is 5.32 Å². The van der Waals surface area contributed by atoms with Crippen LogP contribution < -0.4 is 11.1 Å². The first-order valence-corrected chi connectivity index (χ1v) is 6.78. The number of nitrogens with one attached hydrogen (secondary N) is 1. The third-order valence-electron chi connectivity index (χ3n) is 2.91. The molecule has 0 aliphatic heterocycles. The zero-order chi connectivity index (χ0) is 13.8. The minimum atomic E-state index is -0.171. The van der Waals surface area contributed by atoms with E-state index in [0.717, 1.165) is 10.0 Å². The van der Waals surface area contributed by atoms with Gasteiger partial charge in [-0.05, 0) is 30.7 Å². The van der Waals surface area contributed by atoms with Gasteiger partial charge < -0.3 is 11.1 Å². The van der Waals surface area contributed by atoms with Crippen LogP contribution in [0.3, 0.4) is 0 Å². The number of hydrogen-bond acceptors (Lipinski definition) is 2. The van der Waals surface area contributed by atoms with E-state index >= 15 is 0 Å². The van der Waals surface area contributed by atoms with E-state index in [1.54, 1.807) is 12.1 Å². The van der Waals surface area contributed by atoms with Gasteiger partial charge in [-0.2, -0.15) is 0 Å². The second kappa shape index (κ2) is 5.89. The lowest BCUT2D eigenvalue weighted by Gasteiger charge is -2.15. The van der Waals surface area contributed by atoms with Crippen molar-refractivity contribution in [3.8, 4) is 0 Å². The van der Waals surface area contributed by atoms with E-state index in [-0.39, 0.29) is 11.9 Å². The van der Waals surface area contributed by atoms with Crippen LogP contribution in [0.4, 0.5) is 5.69 Å². The molecule has 0 fully saturated rings. The number of carbonyl (C=O) groups excluding carboxylic acids is 1. The number of anilines is 1. The molecule has 0 saturated heterocycles. The van der Waals surface area contributed by atoms with Crippen molar-refractivity contribution >= 4 is 27.5 Å². The Kier molecular flexibility index (Phi) is 4.22. The van der Waals surface area contributed by atoms with Crippen LogP contribution >= 0.6 is 15.9 Å². The van der Waals surface area contributed by atoms with E-state index in [2.05, 4.69) is 21.2 Å². The molecular weight excluding hydrogens is 304 g/mol. The fourth-order valence-electron chi connectivity index (χ4n) is 1.82. The van der Waals surface area contributed by atoms with Crippen LogP contribution in [0.2, 0.25) is 0 Å². The molecule has 0 saturated carbocycles. The molecular formula is C15H15BrN2O. The largest absolute Gasteiger partial charge is 0.398 e. The van der Waals surface area contributed by atoms with E-state index in [1.165, 1.54) is 0 Å². The Bertz CT molecular complexity index is 584. The molecule has 0 bridgehead atoms. The van der Waals surface area contributed by atoms with Crippen LogP contribution in [0.5, 0.6) is 0 Å². The molecule has 2 rings (SSSR count). The maximum absolute atomic E-state index is 12.2. The predicted octanol–water partition coefficient (Wildman–Crippen LogP) is 3.52. The van der Waals surface area contributed by atoms with Crippen molar-refractivity contribution in [2.45, 2.75) is 13.0 Å². The van der Waals surface area contributed by atoms with Gasteiger partial charge >= 0.3 is 0 Å². The highest BCUT2D eigenvalue weighted by Gasteiger charge is 2.13. The highest BCUT2D eigenvalue weighted by Crippen LogP contribution is 2.20. The molecule has 0 aliphatic carbocycles. The van der Waals surface area contributed by atoms with Crippen LogP contribution in [0, 0.1) is 0 Å². The molecule has 98 valence electrons. The third kappa shape index (κ3) is 3.35. The summed E-state index contributed by atoms with van der Waals surface area (Å²) in [4.78, 5) is 12.2. The van der Waals surface area contributed by atoms with Crippen LogP contribution in [0.25, 0.3) is 0 Å². The molecule has 1 atom stereocenters. The number of rotatable bonds is 3. The van der Waals surface area contributed by atoms with E-state index in [4.69, 9.17) is 5.73 Å². The summed E-state index contributed by atoms with van der Waals surface area (Å²) in [6.45, 7) is 1.95. The summed E-state index contributed by atoms with van der Waals surface area (Å²) < 4.78 is 0.833. The zero-order valence-electron chi connectivity index (χ0n) is 10.6. The molecule has 3 nitrogen and oxygen atoms in total. The fraction of sp³-hybridized carbons (Fsp3) is 0.133. The summed E-state index contributed by atoms with van der Waals surface area (Å²) in [6.07, 6.45) is 0. The van der Waals surface area contributed by atoms with Gasteiger partial charge in [0.1, 0.15) is 0 Å². The van der Waals surface area contributed by atoms with Gasteiger partial charge in [0, 0.05) is 10.2 Å².